The van der Waals surface area contributed by atoms with Gasteiger partial charge in [-0.15, -0.1) is 0 Å². The summed E-state index contributed by atoms with van der Waals surface area (Å²) >= 11 is 1.23. The lowest BCUT2D eigenvalue weighted by Gasteiger charge is -2.03. The average Bonchev–Trinajstić information content (AvgIpc) is 3.18. The van der Waals surface area contributed by atoms with Crippen molar-refractivity contribution in [2.75, 3.05) is 6.79 Å². The first kappa shape index (κ1) is 15.6. The van der Waals surface area contributed by atoms with Gasteiger partial charge < -0.3 is 19.9 Å². The number of phenolic OH excluding ortho intramolecular Hbond substituents is 1. The fourth-order valence-corrected chi connectivity index (χ4v) is 3.35. The SMILES string of the molecule is Cc1cccc(O)c1N=C1NC(=O)/C(=C/c2ccc3c(c2)OCO3)S1. The maximum absolute atomic E-state index is 12.2. The summed E-state index contributed by atoms with van der Waals surface area (Å²) < 4.78 is 10.6. The highest BCUT2D eigenvalue weighted by Gasteiger charge is 2.24. The zero-order valence-corrected chi connectivity index (χ0v) is 14.1. The highest BCUT2D eigenvalue weighted by atomic mass is 32.2. The monoisotopic (exact) mass is 354 g/mol. The van der Waals surface area contributed by atoms with Gasteiger partial charge in [-0.3, -0.25) is 4.79 Å². The summed E-state index contributed by atoms with van der Waals surface area (Å²) in [6, 6.07) is 10.7. The Bertz CT molecular complexity index is 916. The molecule has 2 heterocycles. The quantitative estimate of drug-likeness (QED) is 0.809. The Labute approximate surface area is 148 Å². The van der Waals surface area contributed by atoms with E-state index in [-0.39, 0.29) is 18.4 Å². The number of benzene rings is 2. The van der Waals surface area contributed by atoms with E-state index in [0.717, 1.165) is 11.1 Å². The van der Waals surface area contributed by atoms with Crippen LogP contribution in [-0.4, -0.2) is 23.0 Å². The number of hydrogen-bond donors (Lipinski definition) is 2. The number of aryl methyl sites for hydroxylation is 1. The summed E-state index contributed by atoms with van der Waals surface area (Å²) in [5.74, 6) is 1.21. The third-order valence-corrected chi connectivity index (χ3v) is 4.68. The number of amidine groups is 1. The molecule has 0 atom stereocenters. The van der Waals surface area contributed by atoms with Crippen molar-refractivity contribution < 1.29 is 19.4 Å². The number of phenols is 1. The van der Waals surface area contributed by atoms with Crippen LogP contribution in [0.5, 0.6) is 17.2 Å². The number of nitrogens with one attached hydrogen (secondary N) is 1. The van der Waals surface area contributed by atoms with Crippen molar-refractivity contribution in [3.05, 3.63) is 52.4 Å². The minimum Gasteiger partial charge on any atom is -0.506 e. The number of aliphatic imine (C=N–C) groups is 1. The highest BCUT2D eigenvalue weighted by Crippen LogP contribution is 2.36. The third kappa shape index (κ3) is 3.06. The van der Waals surface area contributed by atoms with E-state index in [1.807, 2.05) is 31.2 Å². The molecule has 2 aromatic carbocycles. The number of carbonyl (C=O) groups excluding carboxylic acids is 1. The van der Waals surface area contributed by atoms with Crippen molar-refractivity contribution >= 4 is 34.6 Å². The second-order valence-corrected chi connectivity index (χ2v) is 6.57. The van der Waals surface area contributed by atoms with Crippen LogP contribution in [0, 0.1) is 6.92 Å². The lowest BCUT2D eigenvalue weighted by Crippen LogP contribution is -2.19. The topological polar surface area (TPSA) is 80.2 Å². The summed E-state index contributed by atoms with van der Waals surface area (Å²) in [7, 11) is 0. The maximum Gasteiger partial charge on any atom is 0.264 e. The number of carbonyl (C=O) groups is 1. The molecule has 2 aliphatic heterocycles. The van der Waals surface area contributed by atoms with Gasteiger partial charge in [0.2, 0.25) is 6.79 Å². The zero-order chi connectivity index (χ0) is 17.4. The number of nitrogens with zero attached hydrogens (tertiary/aromatic N) is 1. The van der Waals surface area contributed by atoms with E-state index >= 15 is 0 Å². The summed E-state index contributed by atoms with van der Waals surface area (Å²) in [6.07, 6.45) is 1.77. The summed E-state index contributed by atoms with van der Waals surface area (Å²) in [6.45, 7) is 2.06. The van der Waals surface area contributed by atoms with Crippen LogP contribution in [0.25, 0.3) is 6.08 Å². The van der Waals surface area contributed by atoms with Gasteiger partial charge in [0.05, 0.1) is 4.91 Å². The number of ether oxygens (including phenoxy) is 2. The van der Waals surface area contributed by atoms with Crippen molar-refractivity contribution in [3.63, 3.8) is 0 Å². The number of amides is 1. The number of para-hydroxylation sites is 1. The Hall–Kier alpha value is -2.93. The molecule has 0 bridgehead atoms. The lowest BCUT2D eigenvalue weighted by molar-refractivity contribution is -0.115. The number of fused-ring (bicyclic) bond motifs is 1. The van der Waals surface area contributed by atoms with E-state index < -0.39 is 0 Å². The van der Waals surface area contributed by atoms with Crippen LogP contribution < -0.4 is 14.8 Å². The van der Waals surface area contributed by atoms with Crippen molar-refractivity contribution in [1.29, 1.82) is 0 Å². The fourth-order valence-electron chi connectivity index (χ4n) is 2.53. The fraction of sp³-hybridized carbons (Fsp3) is 0.111. The average molecular weight is 354 g/mol. The van der Waals surface area contributed by atoms with Crippen LogP contribution in [0.1, 0.15) is 11.1 Å². The molecule has 4 rings (SSSR count). The molecule has 0 aliphatic carbocycles. The Balaban J connectivity index is 1.61. The van der Waals surface area contributed by atoms with E-state index in [1.165, 1.54) is 11.8 Å². The molecule has 25 heavy (non-hydrogen) atoms. The van der Waals surface area contributed by atoms with Gasteiger partial charge in [0, 0.05) is 0 Å². The van der Waals surface area contributed by atoms with E-state index in [2.05, 4.69) is 10.3 Å². The first-order chi connectivity index (χ1) is 12.1. The molecule has 126 valence electrons. The largest absolute Gasteiger partial charge is 0.506 e. The van der Waals surface area contributed by atoms with Gasteiger partial charge in [0.25, 0.3) is 5.91 Å². The van der Waals surface area contributed by atoms with Crippen LogP contribution in [0.15, 0.2) is 46.3 Å². The smallest absolute Gasteiger partial charge is 0.264 e. The number of thioether (sulfide) groups is 1. The van der Waals surface area contributed by atoms with Gasteiger partial charge in [-0.2, -0.15) is 0 Å². The Morgan fingerprint density at radius 3 is 2.92 bits per heavy atom. The van der Waals surface area contributed by atoms with Crippen LogP contribution in [0.3, 0.4) is 0 Å². The molecular formula is C18H14N2O4S. The standard InChI is InChI=1S/C18H14N2O4S/c1-10-3-2-4-12(21)16(10)19-18-20-17(22)15(25-18)8-11-5-6-13-14(7-11)24-9-23-13/h2-8,21H,9H2,1H3,(H,19,20,22)/b15-8-. The van der Waals surface area contributed by atoms with Crippen molar-refractivity contribution in [3.8, 4) is 17.2 Å². The molecule has 0 unspecified atom stereocenters. The number of rotatable bonds is 2. The lowest BCUT2D eigenvalue weighted by atomic mass is 10.2. The molecule has 0 spiro atoms. The maximum atomic E-state index is 12.2. The summed E-state index contributed by atoms with van der Waals surface area (Å²) in [5.41, 5.74) is 2.12. The molecule has 2 aliphatic rings. The van der Waals surface area contributed by atoms with E-state index in [0.29, 0.717) is 27.3 Å². The molecule has 0 radical (unpaired) electrons. The second-order valence-electron chi connectivity index (χ2n) is 5.54. The Kier molecular flexibility index (Phi) is 3.85. The zero-order valence-electron chi connectivity index (χ0n) is 13.3. The van der Waals surface area contributed by atoms with Gasteiger partial charge in [0.15, 0.2) is 16.7 Å². The number of aromatic hydroxyl groups is 1. The normalized spacial score (nSPS) is 18.8. The summed E-state index contributed by atoms with van der Waals surface area (Å²) in [5, 5.41) is 13.1. The first-order valence-electron chi connectivity index (χ1n) is 7.58. The molecule has 2 aromatic rings. The van der Waals surface area contributed by atoms with Gasteiger partial charge >= 0.3 is 0 Å². The summed E-state index contributed by atoms with van der Waals surface area (Å²) in [4.78, 5) is 17.1. The number of hydrogen-bond acceptors (Lipinski definition) is 6. The van der Waals surface area contributed by atoms with Crippen molar-refractivity contribution in [2.24, 2.45) is 4.99 Å². The van der Waals surface area contributed by atoms with E-state index in [1.54, 1.807) is 18.2 Å². The molecule has 6 nitrogen and oxygen atoms in total. The molecule has 2 N–H and O–H groups in total. The molecule has 7 heteroatoms. The van der Waals surface area contributed by atoms with Crippen LogP contribution in [0.4, 0.5) is 5.69 Å². The predicted molar refractivity (Wildman–Crippen MR) is 96.2 cm³/mol. The van der Waals surface area contributed by atoms with Crippen molar-refractivity contribution in [1.82, 2.24) is 5.32 Å². The van der Waals surface area contributed by atoms with Crippen molar-refractivity contribution in [2.45, 2.75) is 6.92 Å². The highest BCUT2D eigenvalue weighted by molar-refractivity contribution is 8.18. The van der Waals surface area contributed by atoms with E-state index in [4.69, 9.17) is 9.47 Å². The Morgan fingerprint density at radius 1 is 1.24 bits per heavy atom. The second kappa shape index (κ2) is 6.18. The van der Waals surface area contributed by atoms with Crippen LogP contribution in [-0.2, 0) is 4.79 Å². The minimum atomic E-state index is -0.227. The van der Waals surface area contributed by atoms with Gasteiger partial charge in [-0.05, 0) is 54.1 Å². The molecule has 0 saturated carbocycles. The first-order valence-corrected chi connectivity index (χ1v) is 8.39. The molecule has 0 aromatic heterocycles. The third-order valence-electron chi connectivity index (χ3n) is 3.78. The van der Waals surface area contributed by atoms with Gasteiger partial charge in [0.1, 0.15) is 11.4 Å². The molecule has 1 fully saturated rings. The predicted octanol–water partition coefficient (Wildman–Crippen LogP) is 3.32. The van der Waals surface area contributed by atoms with E-state index in [9.17, 15) is 9.90 Å². The molecular weight excluding hydrogens is 340 g/mol. The molecule has 1 saturated heterocycles. The van der Waals surface area contributed by atoms with Crippen LogP contribution >= 0.6 is 11.8 Å². The van der Waals surface area contributed by atoms with Gasteiger partial charge in [-0.1, -0.05) is 18.2 Å². The van der Waals surface area contributed by atoms with Crippen LogP contribution in [0.2, 0.25) is 0 Å². The Morgan fingerprint density at radius 2 is 2.08 bits per heavy atom. The minimum absolute atomic E-state index is 0.0792. The molecule has 1 amide bonds. The van der Waals surface area contributed by atoms with Gasteiger partial charge in [-0.25, -0.2) is 4.99 Å².